The summed E-state index contributed by atoms with van der Waals surface area (Å²) in [6.45, 7) is 17.2. The summed E-state index contributed by atoms with van der Waals surface area (Å²) in [4.78, 5) is 2.39. The van der Waals surface area contributed by atoms with Gasteiger partial charge in [0.15, 0.2) is 0 Å². The van der Waals surface area contributed by atoms with Gasteiger partial charge in [-0.25, -0.2) is 0 Å². The maximum absolute atomic E-state index is 5.73. The molecular weight excluding hydrogens is 186 g/mol. The zero-order valence-corrected chi connectivity index (χ0v) is 11.6. The van der Waals surface area contributed by atoms with Crippen molar-refractivity contribution < 1.29 is 4.74 Å². The number of nitrogens with zero attached hydrogens (tertiary/aromatic N) is 1. The second-order valence-corrected chi connectivity index (χ2v) is 4.90. The van der Waals surface area contributed by atoms with Gasteiger partial charge in [0.1, 0.15) is 5.76 Å². The van der Waals surface area contributed by atoms with Gasteiger partial charge in [0.25, 0.3) is 0 Å². The van der Waals surface area contributed by atoms with Gasteiger partial charge in [0.2, 0.25) is 0 Å². The Balaban J connectivity index is 4.82. The Morgan fingerprint density at radius 1 is 0.867 bits per heavy atom. The molecule has 0 rings (SSSR count). The first kappa shape index (κ1) is 14.3. The number of rotatable bonds is 5. The van der Waals surface area contributed by atoms with Crippen molar-refractivity contribution in [1.82, 2.24) is 4.90 Å². The molecule has 0 aromatic carbocycles. The fraction of sp³-hybridized carbons (Fsp3) is 0.846. The molecule has 0 saturated carbocycles. The third kappa shape index (κ3) is 4.59. The Morgan fingerprint density at radius 2 is 1.27 bits per heavy atom. The van der Waals surface area contributed by atoms with Gasteiger partial charge in [0, 0.05) is 17.8 Å². The third-order valence-corrected chi connectivity index (χ3v) is 2.42. The summed E-state index contributed by atoms with van der Waals surface area (Å²) in [5.41, 5.74) is 1.24. The minimum absolute atomic E-state index is 0.251. The van der Waals surface area contributed by atoms with E-state index in [0.29, 0.717) is 12.1 Å². The Morgan fingerprint density at radius 3 is 1.53 bits per heavy atom. The average Bonchev–Trinajstić information content (AvgIpc) is 2.00. The Bertz CT molecular complexity index is 209. The van der Waals surface area contributed by atoms with E-state index in [9.17, 15) is 0 Å². The summed E-state index contributed by atoms with van der Waals surface area (Å²) >= 11 is 0. The second-order valence-electron chi connectivity index (χ2n) is 4.90. The van der Waals surface area contributed by atoms with Crippen LogP contribution < -0.4 is 0 Å². The van der Waals surface area contributed by atoms with Gasteiger partial charge in [-0.2, -0.15) is 0 Å². The van der Waals surface area contributed by atoms with Gasteiger partial charge in [0.05, 0.1) is 6.10 Å². The molecule has 2 nitrogen and oxygen atoms in total. The molecule has 0 radical (unpaired) electrons. The van der Waals surface area contributed by atoms with Crippen molar-refractivity contribution in [3.8, 4) is 0 Å². The zero-order chi connectivity index (χ0) is 12.2. The van der Waals surface area contributed by atoms with Crippen LogP contribution in [0.15, 0.2) is 11.5 Å². The number of ether oxygens (including phenoxy) is 1. The van der Waals surface area contributed by atoms with Crippen molar-refractivity contribution in [2.75, 3.05) is 0 Å². The van der Waals surface area contributed by atoms with Crippen LogP contribution in [0.5, 0.6) is 0 Å². The maximum atomic E-state index is 5.73. The molecule has 0 heterocycles. The highest BCUT2D eigenvalue weighted by Gasteiger charge is 2.16. The highest BCUT2D eigenvalue weighted by molar-refractivity contribution is 5.05. The largest absolute Gasteiger partial charge is 0.494 e. The van der Waals surface area contributed by atoms with Crippen LogP contribution in [-0.2, 0) is 4.74 Å². The lowest BCUT2D eigenvalue weighted by atomic mass is 10.2. The van der Waals surface area contributed by atoms with E-state index in [4.69, 9.17) is 4.74 Å². The van der Waals surface area contributed by atoms with E-state index in [0.717, 1.165) is 5.76 Å². The van der Waals surface area contributed by atoms with E-state index < -0.39 is 0 Å². The van der Waals surface area contributed by atoms with Gasteiger partial charge >= 0.3 is 0 Å². The van der Waals surface area contributed by atoms with E-state index in [-0.39, 0.29) is 6.10 Å². The predicted molar refractivity (Wildman–Crippen MR) is 66.7 cm³/mol. The van der Waals surface area contributed by atoms with Crippen LogP contribution in [0.3, 0.4) is 0 Å². The van der Waals surface area contributed by atoms with E-state index in [2.05, 4.69) is 53.4 Å². The molecule has 0 aliphatic rings. The van der Waals surface area contributed by atoms with Crippen LogP contribution in [0.4, 0.5) is 0 Å². The van der Waals surface area contributed by atoms with Crippen molar-refractivity contribution >= 4 is 0 Å². The lowest BCUT2D eigenvalue weighted by Crippen LogP contribution is -2.36. The minimum Gasteiger partial charge on any atom is -0.494 e. The highest BCUT2D eigenvalue weighted by atomic mass is 16.5. The molecule has 0 aromatic rings. The molecule has 0 N–H and O–H groups in total. The first-order valence-electron chi connectivity index (χ1n) is 5.89. The molecule has 0 spiro atoms. The van der Waals surface area contributed by atoms with Crippen LogP contribution in [0, 0.1) is 0 Å². The Hall–Kier alpha value is -0.660. The minimum atomic E-state index is 0.251. The first-order valence-corrected chi connectivity index (χ1v) is 5.89. The van der Waals surface area contributed by atoms with Crippen molar-refractivity contribution in [2.24, 2.45) is 0 Å². The Labute approximate surface area is 95.3 Å². The maximum Gasteiger partial charge on any atom is 0.112 e. The van der Waals surface area contributed by atoms with E-state index in [1.54, 1.807) is 0 Å². The SMILES string of the molecule is C/C(OC(C)C)=C(\C)N(C(C)C)C(C)C. The fourth-order valence-corrected chi connectivity index (χ4v) is 1.99. The van der Waals surface area contributed by atoms with Crippen LogP contribution in [0.2, 0.25) is 0 Å². The number of hydrogen-bond donors (Lipinski definition) is 0. The topological polar surface area (TPSA) is 12.5 Å². The summed E-state index contributed by atoms with van der Waals surface area (Å²) in [7, 11) is 0. The standard InChI is InChI=1S/C13H27NO/c1-9(2)14(10(3)4)12(7)13(8)15-11(5)6/h9-11H,1-8H3/b13-12-. The summed E-state index contributed by atoms with van der Waals surface area (Å²) < 4.78 is 5.73. The molecular formula is C13H27NO. The summed E-state index contributed by atoms with van der Waals surface area (Å²) in [5.74, 6) is 1.03. The van der Waals surface area contributed by atoms with Crippen molar-refractivity contribution in [2.45, 2.75) is 73.6 Å². The first-order chi connectivity index (χ1) is 6.77. The van der Waals surface area contributed by atoms with E-state index in [1.807, 2.05) is 6.92 Å². The average molecular weight is 213 g/mol. The van der Waals surface area contributed by atoms with Crippen LogP contribution in [0.1, 0.15) is 55.4 Å². The smallest absolute Gasteiger partial charge is 0.112 e. The van der Waals surface area contributed by atoms with Crippen molar-refractivity contribution in [1.29, 1.82) is 0 Å². The van der Waals surface area contributed by atoms with Gasteiger partial charge < -0.3 is 9.64 Å². The van der Waals surface area contributed by atoms with Gasteiger partial charge in [-0.15, -0.1) is 0 Å². The van der Waals surface area contributed by atoms with E-state index in [1.165, 1.54) is 5.70 Å². The molecule has 0 atom stereocenters. The molecule has 0 aliphatic heterocycles. The number of hydrogen-bond acceptors (Lipinski definition) is 2. The monoisotopic (exact) mass is 213 g/mol. The molecule has 0 saturated heterocycles. The van der Waals surface area contributed by atoms with Crippen LogP contribution in [-0.4, -0.2) is 23.1 Å². The second kappa shape index (κ2) is 6.04. The summed E-state index contributed by atoms with van der Waals surface area (Å²) in [5, 5.41) is 0. The lowest BCUT2D eigenvalue weighted by Gasteiger charge is -2.34. The molecule has 0 fully saturated rings. The molecule has 0 bridgehead atoms. The predicted octanol–water partition coefficient (Wildman–Crippen LogP) is 3.78. The quantitative estimate of drug-likeness (QED) is 0.644. The van der Waals surface area contributed by atoms with Crippen molar-refractivity contribution in [3.63, 3.8) is 0 Å². The molecule has 2 heteroatoms. The molecule has 0 amide bonds. The summed E-state index contributed by atoms with van der Waals surface area (Å²) in [6, 6.07) is 1.02. The lowest BCUT2D eigenvalue weighted by molar-refractivity contribution is 0.128. The van der Waals surface area contributed by atoms with Gasteiger partial charge in [-0.1, -0.05) is 0 Å². The van der Waals surface area contributed by atoms with Gasteiger partial charge in [-0.05, 0) is 55.4 Å². The van der Waals surface area contributed by atoms with E-state index >= 15 is 0 Å². The number of allylic oxidation sites excluding steroid dienone is 2. The molecule has 0 aromatic heterocycles. The molecule has 0 unspecified atom stereocenters. The highest BCUT2D eigenvalue weighted by Crippen LogP contribution is 2.18. The van der Waals surface area contributed by atoms with Crippen LogP contribution >= 0.6 is 0 Å². The van der Waals surface area contributed by atoms with Gasteiger partial charge in [-0.3, -0.25) is 0 Å². The zero-order valence-electron chi connectivity index (χ0n) is 11.6. The van der Waals surface area contributed by atoms with Crippen molar-refractivity contribution in [3.05, 3.63) is 11.5 Å². The van der Waals surface area contributed by atoms with Crippen LogP contribution in [0.25, 0.3) is 0 Å². The normalized spacial score (nSPS) is 13.5. The Kier molecular flexibility index (Phi) is 5.77. The third-order valence-electron chi connectivity index (χ3n) is 2.42. The molecule has 0 aliphatic carbocycles. The fourth-order valence-electron chi connectivity index (χ4n) is 1.99. The molecule has 90 valence electrons. The molecule has 15 heavy (non-hydrogen) atoms. The summed E-state index contributed by atoms with van der Waals surface area (Å²) in [6.07, 6.45) is 0.251.